The highest BCUT2D eigenvalue weighted by Gasteiger charge is 2.15. The second-order valence-corrected chi connectivity index (χ2v) is 3.60. The van der Waals surface area contributed by atoms with E-state index in [4.69, 9.17) is 0 Å². The van der Waals surface area contributed by atoms with Gasteiger partial charge in [0.1, 0.15) is 0 Å². The van der Waals surface area contributed by atoms with Crippen molar-refractivity contribution >= 4 is 5.91 Å². The monoisotopic (exact) mass is 198 g/mol. The van der Waals surface area contributed by atoms with Gasteiger partial charge in [-0.3, -0.25) is 4.79 Å². The maximum absolute atomic E-state index is 11.5. The van der Waals surface area contributed by atoms with Gasteiger partial charge in [0.25, 0.3) is 0 Å². The quantitative estimate of drug-likeness (QED) is 0.548. The molecule has 0 radical (unpaired) electrons. The lowest BCUT2D eigenvalue weighted by Crippen LogP contribution is -2.39. The van der Waals surface area contributed by atoms with Gasteiger partial charge in [-0.05, 0) is 18.9 Å². The van der Waals surface area contributed by atoms with Crippen LogP contribution in [0.4, 0.5) is 0 Å². The summed E-state index contributed by atoms with van der Waals surface area (Å²) in [5.74, 6) is -0.0611. The molecule has 0 aromatic rings. The second-order valence-electron chi connectivity index (χ2n) is 3.60. The van der Waals surface area contributed by atoms with Gasteiger partial charge >= 0.3 is 0 Å². The Morgan fingerprint density at radius 3 is 2.71 bits per heavy atom. The molecule has 80 valence electrons. The number of hydrogen-bond acceptors (Lipinski definition) is 3. The Kier molecular flexibility index (Phi) is 4.10. The van der Waals surface area contributed by atoms with Crippen LogP contribution in [-0.4, -0.2) is 36.8 Å². The molecule has 1 fully saturated rings. The van der Waals surface area contributed by atoms with Crippen LogP contribution in [0.25, 0.3) is 0 Å². The zero-order valence-corrected chi connectivity index (χ0v) is 8.76. The first-order valence-corrected chi connectivity index (χ1v) is 5.00. The Labute approximate surface area is 84.4 Å². The molecule has 0 aromatic heterocycles. The smallest absolute Gasteiger partial charge is 0.247 e. The zero-order chi connectivity index (χ0) is 10.6. The van der Waals surface area contributed by atoms with Crippen molar-refractivity contribution < 1.29 is 9.90 Å². The number of amides is 1. The molecule has 1 aliphatic heterocycles. The Hall–Kier alpha value is -0.870. The van der Waals surface area contributed by atoms with Crippen molar-refractivity contribution in [3.63, 3.8) is 0 Å². The summed E-state index contributed by atoms with van der Waals surface area (Å²) in [6, 6.07) is 0. The van der Waals surface area contributed by atoms with Gasteiger partial charge in [-0.15, -0.1) is 0 Å². The highest BCUT2D eigenvalue weighted by Crippen LogP contribution is 2.08. The summed E-state index contributed by atoms with van der Waals surface area (Å²) in [4.78, 5) is 11.5. The first-order valence-electron chi connectivity index (χ1n) is 5.00. The van der Waals surface area contributed by atoms with Crippen LogP contribution in [0.1, 0.15) is 20.3 Å². The summed E-state index contributed by atoms with van der Waals surface area (Å²) in [7, 11) is 0. The minimum Gasteiger partial charge on any atom is -0.391 e. The molecule has 3 N–H and O–H groups in total. The molecule has 4 nitrogen and oxygen atoms in total. The molecule has 0 bridgehead atoms. The fourth-order valence-electron chi connectivity index (χ4n) is 1.16. The number of carbonyl (C=O) groups is 1. The fraction of sp³-hybridized carbons (Fsp3) is 0.700. The third-order valence-electron chi connectivity index (χ3n) is 2.52. The number of rotatable bonds is 4. The topological polar surface area (TPSA) is 61.4 Å². The fourth-order valence-corrected chi connectivity index (χ4v) is 1.16. The molecular formula is C10H18N2O2. The molecule has 1 saturated heterocycles. The normalized spacial score (nSPS) is 17.2. The summed E-state index contributed by atoms with van der Waals surface area (Å²) >= 11 is 0. The van der Waals surface area contributed by atoms with E-state index < -0.39 is 6.10 Å². The van der Waals surface area contributed by atoms with E-state index >= 15 is 0 Å². The van der Waals surface area contributed by atoms with E-state index in [1.54, 1.807) is 0 Å². The third kappa shape index (κ3) is 2.82. The van der Waals surface area contributed by atoms with Crippen molar-refractivity contribution in [2.75, 3.05) is 19.6 Å². The van der Waals surface area contributed by atoms with Crippen LogP contribution < -0.4 is 10.6 Å². The highest BCUT2D eigenvalue weighted by atomic mass is 16.3. The van der Waals surface area contributed by atoms with E-state index in [-0.39, 0.29) is 5.91 Å². The van der Waals surface area contributed by atoms with Gasteiger partial charge in [0, 0.05) is 25.2 Å². The van der Waals surface area contributed by atoms with Crippen molar-refractivity contribution in [1.29, 1.82) is 0 Å². The predicted octanol–water partition coefficient (Wildman–Crippen LogP) is -0.207. The van der Waals surface area contributed by atoms with Crippen LogP contribution in [0, 0.1) is 0 Å². The van der Waals surface area contributed by atoms with Crippen molar-refractivity contribution in [3.8, 4) is 0 Å². The van der Waals surface area contributed by atoms with Crippen LogP contribution >= 0.6 is 0 Å². The lowest BCUT2D eigenvalue weighted by Gasteiger charge is -2.21. The van der Waals surface area contributed by atoms with Gasteiger partial charge in [0.15, 0.2) is 0 Å². The van der Waals surface area contributed by atoms with E-state index in [2.05, 4.69) is 10.6 Å². The van der Waals surface area contributed by atoms with Crippen molar-refractivity contribution in [3.05, 3.63) is 11.1 Å². The predicted molar refractivity (Wildman–Crippen MR) is 54.9 cm³/mol. The maximum atomic E-state index is 11.5. The van der Waals surface area contributed by atoms with E-state index in [1.165, 1.54) is 0 Å². The van der Waals surface area contributed by atoms with E-state index in [9.17, 15) is 9.90 Å². The largest absolute Gasteiger partial charge is 0.391 e. The minimum atomic E-state index is -0.434. The molecule has 1 rings (SSSR count). The molecule has 1 aliphatic rings. The van der Waals surface area contributed by atoms with Crippen LogP contribution in [-0.2, 0) is 4.79 Å². The summed E-state index contributed by atoms with van der Waals surface area (Å²) in [5.41, 5.74) is 1.94. The molecule has 0 aromatic carbocycles. The first-order chi connectivity index (χ1) is 6.65. The lowest BCUT2D eigenvalue weighted by molar-refractivity contribution is -0.118. The molecule has 0 spiro atoms. The van der Waals surface area contributed by atoms with Crippen LogP contribution in [0.2, 0.25) is 0 Å². The molecule has 4 heteroatoms. The minimum absolute atomic E-state index is 0.0611. The van der Waals surface area contributed by atoms with Crippen LogP contribution in [0.15, 0.2) is 11.1 Å². The summed E-state index contributed by atoms with van der Waals surface area (Å²) in [6.07, 6.45) is 0.230. The SMILES string of the molecule is CCC(O)CNC(=O)C(C)=C1CNC1. The molecular weight excluding hydrogens is 180 g/mol. The molecule has 0 aliphatic carbocycles. The Morgan fingerprint density at radius 2 is 2.29 bits per heavy atom. The average molecular weight is 198 g/mol. The Bertz CT molecular complexity index is 243. The van der Waals surface area contributed by atoms with E-state index in [0.29, 0.717) is 13.0 Å². The molecule has 1 atom stereocenters. The number of nitrogens with one attached hydrogen (secondary N) is 2. The summed E-state index contributed by atoms with van der Waals surface area (Å²) in [5, 5.41) is 15.0. The zero-order valence-electron chi connectivity index (χ0n) is 8.76. The van der Waals surface area contributed by atoms with Gasteiger partial charge in [-0.25, -0.2) is 0 Å². The van der Waals surface area contributed by atoms with Gasteiger partial charge < -0.3 is 15.7 Å². The van der Waals surface area contributed by atoms with Crippen LogP contribution in [0.5, 0.6) is 0 Å². The molecule has 1 heterocycles. The Morgan fingerprint density at radius 1 is 1.64 bits per heavy atom. The molecule has 0 saturated carbocycles. The Balaban J connectivity index is 2.34. The standard InChI is InChI=1S/C10H18N2O2/c1-3-9(13)6-12-10(14)7(2)8-4-11-5-8/h9,11,13H,3-6H2,1-2H3,(H,12,14). The summed E-state index contributed by atoms with van der Waals surface area (Å²) in [6.45, 7) is 5.68. The average Bonchev–Trinajstić information content (AvgIpc) is 2.10. The first kappa shape index (κ1) is 11.2. The van der Waals surface area contributed by atoms with Crippen LogP contribution in [0.3, 0.4) is 0 Å². The van der Waals surface area contributed by atoms with Gasteiger partial charge in [-0.1, -0.05) is 6.92 Å². The maximum Gasteiger partial charge on any atom is 0.247 e. The van der Waals surface area contributed by atoms with Crippen molar-refractivity contribution in [2.45, 2.75) is 26.4 Å². The molecule has 1 unspecified atom stereocenters. The number of carbonyl (C=O) groups excluding carboxylic acids is 1. The molecule has 1 amide bonds. The van der Waals surface area contributed by atoms with Crippen molar-refractivity contribution in [2.24, 2.45) is 0 Å². The third-order valence-corrected chi connectivity index (χ3v) is 2.52. The second kappa shape index (κ2) is 5.12. The van der Waals surface area contributed by atoms with E-state index in [1.807, 2.05) is 13.8 Å². The summed E-state index contributed by atoms with van der Waals surface area (Å²) < 4.78 is 0. The van der Waals surface area contributed by atoms with E-state index in [0.717, 1.165) is 24.2 Å². The number of aliphatic hydroxyl groups excluding tert-OH is 1. The van der Waals surface area contributed by atoms with Gasteiger partial charge in [0.2, 0.25) is 5.91 Å². The highest BCUT2D eigenvalue weighted by molar-refractivity contribution is 5.93. The van der Waals surface area contributed by atoms with Gasteiger partial charge in [0.05, 0.1) is 6.10 Å². The lowest BCUT2D eigenvalue weighted by atomic mass is 10.0. The molecule has 14 heavy (non-hydrogen) atoms. The number of hydrogen-bond donors (Lipinski definition) is 3. The number of aliphatic hydroxyl groups is 1. The van der Waals surface area contributed by atoms with Gasteiger partial charge in [-0.2, -0.15) is 0 Å². The van der Waals surface area contributed by atoms with Crippen molar-refractivity contribution in [1.82, 2.24) is 10.6 Å².